The monoisotopic (exact) mass is 400 g/mol. The first-order chi connectivity index (χ1) is 12.9. The number of nitrogens with zero attached hydrogens (tertiary/aromatic N) is 3. The van der Waals surface area contributed by atoms with Crippen LogP contribution in [0.5, 0.6) is 0 Å². The second-order valence-corrected chi connectivity index (χ2v) is 9.58. The number of aromatic nitrogens is 3. The Bertz CT molecular complexity index is 1050. The molecule has 0 unspecified atom stereocenters. The van der Waals surface area contributed by atoms with E-state index in [4.69, 9.17) is 5.73 Å². The van der Waals surface area contributed by atoms with Gasteiger partial charge in [0.15, 0.2) is 5.16 Å². The van der Waals surface area contributed by atoms with Gasteiger partial charge in [-0.25, -0.2) is 8.42 Å². The Morgan fingerprint density at radius 1 is 1.04 bits per heavy atom. The predicted octanol–water partition coefficient (Wildman–Crippen LogP) is 3.63. The Morgan fingerprint density at radius 3 is 2.22 bits per heavy atom. The zero-order valence-corrected chi connectivity index (χ0v) is 16.5. The van der Waals surface area contributed by atoms with Crippen molar-refractivity contribution in [3.8, 4) is 0 Å². The van der Waals surface area contributed by atoms with Crippen LogP contribution in [-0.4, -0.2) is 23.2 Å². The molecule has 1 aliphatic rings. The Kier molecular flexibility index (Phi) is 4.69. The van der Waals surface area contributed by atoms with E-state index in [2.05, 4.69) is 10.2 Å². The molecule has 1 aromatic heterocycles. The van der Waals surface area contributed by atoms with E-state index in [1.807, 2.05) is 23.6 Å². The van der Waals surface area contributed by atoms with Gasteiger partial charge in [-0.1, -0.05) is 41.6 Å². The van der Waals surface area contributed by atoms with Crippen LogP contribution in [0.3, 0.4) is 0 Å². The summed E-state index contributed by atoms with van der Waals surface area (Å²) in [6.45, 7) is 1.93. The maximum atomic E-state index is 12.7. The van der Waals surface area contributed by atoms with Gasteiger partial charge in [0, 0.05) is 11.8 Å². The summed E-state index contributed by atoms with van der Waals surface area (Å²) in [6, 6.07) is 14.3. The summed E-state index contributed by atoms with van der Waals surface area (Å²) >= 11 is 1.56. The quantitative estimate of drug-likeness (QED) is 0.636. The standard InChI is InChI=1S/C19H20N4O2S2/c1-13-2-8-16(9-3-13)27(24,25)17-10-4-14(5-11-17)12-26-19-22-21-18(20)23(19)15-6-7-15/h2-5,8-11,15H,6-7,12H2,1H3,(H2,20,21). The van der Waals surface area contributed by atoms with Gasteiger partial charge < -0.3 is 5.73 Å². The first kappa shape index (κ1) is 18.1. The van der Waals surface area contributed by atoms with Gasteiger partial charge in [0.25, 0.3) is 0 Å². The minimum Gasteiger partial charge on any atom is -0.368 e. The third kappa shape index (κ3) is 3.72. The van der Waals surface area contributed by atoms with Gasteiger partial charge in [0.2, 0.25) is 15.8 Å². The largest absolute Gasteiger partial charge is 0.368 e. The summed E-state index contributed by atoms with van der Waals surface area (Å²) in [4.78, 5) is 0.605. The Balaban J connectivity index is 1.48. The number of benzene rings is 2. The first-order valence-corrected chi connectivity index (χ1v) is 11.2. The Labute approximate surface area is 162 Å². The number of hydrogen-bond acceptors (Lipinski definition) is 6. The van der Waals surface area contributed by atoms with Crippen LogP contribution in [0.15, 0.2) is 63.5 Å². The lowest BCUT2D eigenvalue weighted by molar-refractivity contribution is 0.596. The molecule has 4 rings (SSSR count). The minimum atomic E-state index is -3.50. The number of rotatable bonds is 6. The number of aryl methyl sites for hydroxylation is 1. The molecule has 0 spiro atoms. The average molecular weight is 401 g/mol. The number of sulfone groups is 1. The Morgan fingerprint density at radius 2 is 1.63 bits per heavy atom. The third-order valence-electron chi connectivity index (χ3n) is 4.54. The van der Waals surface area contributed by atoms with E-state index < -0.39 is 9.84 Å². The minimum absolute atomic E-state index is 0.297. The molecule has 6 nitrogen and oxygen atoms in total. The molecule has 1 saturated carbocycles. The topological polar surface area (TPSA) is 90.9 Å². The van der Waals surface area contributed by atoms with E-state index in [9.17, 15) is 8.42 Å². The second kappa shape index (κ2) is 7.01. The molecule has 0 saturated heterocycles. The molecule has 1 heterocycles. The van der Waals surface area contributed by atoms with E-state index in [0.717, 1.165) is 29.1 Å². The number of nitrogen functional groups attached to an aromatic ring is 1. The molecule has 0 bridgehead atoms. The third-order valence-corrected chi connectivity index (χ3v) is 7.34. The van der Waals surface area contributed by atoms with Gasteiger partial charge in [-0.05, 0) is 49.6 Å². The van der Waals surface area contributed by atoms with Crippen LogP contribution < -0.4 is 5.73 Å². The molecule has 2 N–H and O–H groups in total. The van der Waals surface area contributed by atoms with E-state index in [1.54, 1.807) is 48.2 Å². The highest BCUT2D eigenvalue weighted by atomic mass is 32.2. The van der Waals surface area contributed by atoms with E-state index in [1.165, 1.54) is 0 Å². The molecular formula is C19H20N4O2S2. The summed E-state index contributed by atoms with van der Waals surface area (Å²) in [5, 5.41) is 8.93. The number of thioether (sulfide) groups is 1. The maximum Gasteiger partial charge on any atom is 0.222 e. The fourth-order valence-corrected chi connectivity index (χ4v) is 5.06. The molecule has 3 aromatic rings. The van der Waals surface area contributed by atoms with Crippen molar-refractivity contribution >= 4 is 27.5 Å². The van der Waals surface area contributed by atoms with E-state index in [-0.39, 0.29) is 0 Å². The van der Waals surface area contributed by atoms with Gasteiger partial charge in [0.05, 0.1) is 9.79 Å². The van der Waals surface area contributed by atoms with Crippen molar-refractivity contribution in [2.75, 3.05) is 5.73 Å². The van der Waals surface area contributed by atoms with Crippen molar-refractivity contribution < 1.29 is 8.42 Å². The highest BCUT2D eigenvalue weighted by Crippen LogP contribution is 2.39. The number of nitrogens with two attached hydrogens (primary N) is 1. The van der Waals surface area contributed by atoms with E-state index in [0.29, 0.717) is 27.5 Å². The molecule has 0 aliphatic heterocycles. The van der Waals surface area contributed by atoms with Crippen LogP contribution in [-0.2, 0) is 15.6 Å². The molecule has 0 radical (unpaired) electrons. The lowest BCUT2D eigenvalue weighted by Gasteiger charge is -2.08. The SMILES string of the molecule is Cc1ccc(S(=O)(=O)c2ccc(CSc3nnc(N)n3C3CC3)cc2)cc1. The van der Waals surface area contributed by atoms with Crippen molar-refractivity contribution in [3.05, 3.63) is 59.7 Å². The van der Waals surface area contributed by atoms with Crippen molar-refractivity contribution in [2.24, 2.45) is 0 Å². The van der Waals surface area contributed by atoms with Crippen LogP contribution in [0.25, 0.3) is 0 Å². The predicted molar refractivity (Wildman–Crippen MR) is 105 cm³/mol. The van der Waals surface area contributed by atoms with Crippen LogP contribution in [0, 0.1) is 6.92 Å². The van der Waals surface area contributed by atoms with Gasteiger partial charge in [-0.2, -0.15) is 0 Å². The summed E-state index contributed by atoms with van der Waals surface area (Å²) in [7, 11) is -3.50. The zero-order chi connectivity index (χ0) is 19.0. The van der Waals surface area contributed by atoms with Gasteiger partial charge in [-0.3, -0.25) is 4.57 Å². The maximum absolute atomic E-state index is 12.7. The average Bonchev–Trinajstić information content (AvgIpc) is 3.43. The zero-order valence-electron chi connectivity index (χ0n) is 14.9. The second-order valence-electron chi connectivity index (χ2n) is 6.69. The summed E-state index contributed by atoms with van der Waals surface area (Å²) in [6.07, 6.45) is 2.22. The van der Waals surface area contributed by atoms with Gasteiger partial charge in [0.1, 0.15) is 0 Å². The van der Waals surface area contributed by atoms with Crippen molar-refractivity contribution in [2.45, 2.75) is 46.5 Å². The van der Waals surface area contributed by atoms with Crippen LogP contribution in [0.2, 0.25) is 0 Å². The first-order valence-electron chi connectivity index (χ1n) is 8.69. The molecule has 0 atom stereocenters. The van der Waals surface area contributed by atoms with E-state index >= 15 is 0 Å². The highest BCUT2D eigenvalue weighted by molar-refractivity contribution is 7.98. The van der Waals surface area contributed by atoms with Crippen molar-refractivity contribution in [1.29, 1.82) is 0 Å². The van der Waals surface area contributed by atoms with Crippen LogP contribution >= 0.6 is 11.8 Å². The lowest BCUT2D eigenvalue weighted by Crippen LogP contribution is -2.03. The fourth-order valence-electron chi connectivity index (χ4n) is 2.83. The smallest absolute Gasteiger partial charge is 0.222 e. The summed E-state index contributed by atoms with van der Waals surface area (Å²) in [5.41, 5.74) is 7.94. The molecule has 2 aromatic carbocycles. The normalized spacial score (nSPS) is 14.4. The number of anilines is 1. The Hall–Kier alpha value is -2.32. The molecule has 140 valence electrons. The van der Waals surface area contributed by atoms with Crippen LogP contribution in [0.4, 0.5) is 5.95 Å². The van der Waals surface area contributed by atoms with Crippen molar-refractivity contribution in [3.63, 3.8) is 0 Å². The summed E-state index contributed by atoms with van der Waals surface area (Å²) in [5.74, 6) is 1.13. The molecule has 27 heavy (non-hydrogen) atoms. The molecule has 1 fully saturated rings. The molecular weight excluding hydrogens is 380 g/mol. The number of hydrogen-bond donors (Lipinski definition) is 1. The molecule has 0 amide bonds. The molecule has 8 heteroatoms. The molecule has 1 aliphatic carbocycles. The fraction of sp³-hybridized carbons (Fsp3) is 0.263. The van der Waals surface area contributed by atoms with Gasteiger partial charge >= 0.3 is 0 Å². The van der Waals surface area contributed by atoms with Gasteiger partial charge in [-0.15, -0.1) is 10.2 Å². The van der Waals surface area contributed by atoms with Crippen molar-refractivity contribution in [1.82, 2.24) is 14.8 Å². The highest BCUT2D eigenvalue weighted by Gasteiger charge is 2.28. The lowest BCUT2D eigenvalue weighted by atomic mass is 10.2. The van der Waals surface area contributed by atoms with Crippen LogP contribution in [0.1, 0.15) is 30.0 Å². The summed E-state index contributed by atoms with van der Waals surface area (Å²) < 4.78 is 27.4.